The molecule has 1 atom stereocenters. The van der Waals surface area contributed by atoms with E-state index in [4.69, 9.17) is 0 Å². The van der Waals surface area contributed by atoms with E-state index >= 15 is 0 Å². The zero-order valence-electron chi connectivity index (χ0n) is 9.99. The van der Waals surface area contributed by atoms with Gasteiger partial charge in [-0.05, 0) is 38.8 Å². The van der Waals surface area contributed by atoms with E-state index in [1.165, 1.54) is 9.75 Å². The molecular formula is C11H19NO2S2. The van der Waals surface area contributed by atoms with E-state index in [1.807, 2.05) is 13.8 Å². The Hall–Kier alpha value is -0.390. The lowest BCUT2D eigenvalue weighted by molar-refractivity contribution is 0.559. The molecular weight excluding hydrogens is 242 g/mol. The number of sulfonamides is 1. The molecule has 0 saturated carbocycles. The van der Waals surface area contributed by atoms with Crippen LogP contribution in [0.4, 0.5) is 0 Å². The highest BCUT2D eigenvalue weighted by Gasteiger charge is 2.14. The molecule has 92 valence electrons. The van der Waals surface area contributed by atoms with E-state index in [1.54, 1.807) is 11.3 Å². The van der Waals surface area contributed by atoms with Gasteiger partial charge in [-0.2, -0.15) is 0 Å². The van der Waals surface area contributed by atoms with Gasteiger partial charge in [0.05, 0.1) is 5.75 Å². The number of thiophene rings is 1. The van der Waals surface area contributed by atoms with Crippen molar-refractivity contribution < 1.29 is 8.42 Å². The third-order valence-corrected chi connectivity index (χ3v) is 4.89. The van der Waals surface area contributed by atoms with Crippen LogP contribution in [0.5, 0.6) is 0 Å². The highest BCUT2D eigenvalue weighted by Crippen LogP contribution is 2.16. The molecule has 1 heterocycles. The molecule has 0 aliphatic heterocycles. The fraction of sp³-hybridized carbons (Fsp3) is 0.636. The molecule has 0 amide bonds. The summed E-state index contributed by atoms with van der Waals surface area (Å²) in [6.07, 6.45) is 1.42. The Bertz CT molecular complexity index is 423. The van der Waals surface area contributed by atoms with Gasteiger partial charge in [0.1, 0.15) is 0 Å². The van der Waals surface area contributed by atoms with Gasteiger partial charge in [0.25, 0.3) is 0 Å². The van der Waals surface area contributed by atoms with Gasteiger partial charge in [0.2, 0.25) is 10.0 Å². The van der Waals surface area contributed by atoms with Gasteiger partial charge in [0.15, 0.2) is 0 Å². The summed E-state index contributed by atoms with van der Waals surface area (Å²) in [5.74, 6) is 0.209. The number of hydrogen-bond acceptors (Lipinski definition) is 3. The zero-order chi connectivity index (χ0) is 12.2. The molecule has 5 heteroatoms. The standard InChI is InChI=1S/C11H19NO2S2/c1-4-7-16(13,14)12-9(2)8-11-6-5-10(3)15-11/h5-6,9,12H,4,7-8H2,1-3H3. The molecule has 0 radical (unpaired) electrons. The van der Waals surface area contributed by atoms with Crippen LogP contribution in [0.1, 0.15) is 30.0 Å². The minimum atomic E-state index is -3.09. The first-order chi connectivity index (χ1) is 7.43. The summed E-state index contributed by atoms with van der Waals surface area (Å²) < 4.78 is 25.8. The quantitative estimate of drug-likeness (QED) is 0.854. The van der Waals surface area contributed by atoms with Crippen LogP contribution in [0.2, 0.25) is 0 Å². The Kier molecular flexibility index (Phi) is 4.95. The molecule has 0 aliphatic carbocycles. The second-order valence-electron chi connectivity index (χ2n) is 4.05. The Labute approximate surface area is 102 Å². The van der Waals surface area contributed by atoms with Crippen LogP contribution >= 0.6 is 11.3 Å². The van der Waals surface area contributed by atoms with Crippen LogP contribution < -0.4 is 4.72 Å². The summed E-state index contributed by atoms with van der Waals surface area (Å²) in [5.41, 5.74) is 0. The lowest BCUT2D eigenvalue weighted by atomic mass is 10.2. The van der Waals surface area contributed by atoms with E-state index in [-0.39, 0.29) is 11.8 Å². The van der Waals surface area contributed by atoms with Gasteiger partial charge in [-0.3, -0.25) is 0 Å². The predicted molar refractivity (Wildman–Crippen MR) is 69.4 cm³/mol. The molecule has 16 heavy (non-hydrogen) atoms. The molecule has 1 rings (SSSR count). The SMILES string of the molecule is CCCS(=O)(=O)NC(C)Cc1ccc(C)s1. The molecule has 1 N–H and O–H groups in total. The van der Waals surface area contributed by atoms with E-state index in [9.17, 15) is 8.42 Å². The second-order valence-corrected chi connectivity index (χ2v) is 7.30. The van der Waals surface area contributed by atoms with Gasteiger partial charge in [-0.1, -0.05) is 6.92 Å². The van der Waals surface area contributed by atoms with E-state index in [0.717, 1.165) is 6.42 Å². The molecule has 0 fully saturated rings. The van der Waals surface area contributed by atoms with Crippen LogP contribution in [-0.2, 0) is 16.4 Å². The third-order valence-electron chi connectivity index (χ3n) is 2.16. The van der Waals surface area contributed by atoms with Crippen molar-refractivity contribution in [3.8, 4) is 0 Å². The van der Waals surface area contributed by atoms with Crippen LogP contribution in [0.15, 0.2) is 12.1 Å². The first-order valence-electron chi connectivity index (χ1n) is 5.48. The normalized spacial score (nSPS) is 13.9. The summed E-state index contributed by atoms with van der Waals surface area (Å²) in [4.78, 5) is 2.49. The average molecular weight is 261 g/mol. The Morgan fingerprint density at radius 1 is 1.44 bits per heavy atom. The lowest BCUT2D eigenvalue weighted by Crippen LogP contribution is -2.35. The number of rotatable bonds is 6. The fourth-order valence-corrected chi connectivity index (χ4v) is 3.94. The summed E-state index contributed by atoms with van der Waals surface area (Å²) in [5, 5.41) is 0. The van der Waals surface area contributed by atoms with E-state index < -0.39 is 10.0 Å². The maximum absolute atomic E-state index is 11.5. The first kappa shape index (κ1) is 13.7. The van der Waals surface area contributed by atoms with Crippen molar-refractivity contribution in [1.29, 1.82) is 0 Å². The van der Waals surface area contributed by atoms with Crippen LogP contribution in [-0.4, -0.2) is 20.2 Å². The smallest absolute Gasteiger partial charge is 0.211 e. The second kappa shape index (κ2) is 5.80. The van der Waals surface area contributed by atoms with Gasteiger partial charge in [0, 0.05) is 15.8 Å². The summed E-state index contributed by atoms with van der Waals surface area (Å²) in [6, 6.07) is 4.09. The van der Waals surface area contributed by atoms with Crippen LogP contribution in [0.3, 0.4) is 0 Å². The summed E-state index contributed by atoms with van der Waals surface area (Å²) in [6.45, 7) is 5.83. The van der Waals surface area contributed by atoms with E-state index in [2.05, 4.69) is 23.8 Å². The van der Waals surface area contributed by atoms with Crippen molar-refractivity contribution in [2.24, 2.45) is 0 Å². The topological polar surface area (TPSA) is 46.2 Å². The van der Waals surface area contributed by atoms with Crippen LogP contribution in [0.25, 0.3) is 0 Å². The zero-order valence-corrected chi connectivity index (χ0v) is 11.6. The Morgan fingerprint density at radius 2 is 2.12 bits per heavy atom. The van der Waals surface area contributed by atoms with Crippen molar-refractivity contribution >= 4 is 21.4 Å². The van der Waals surface area contributed by atoms with Crippen molar-refractivity contribution in [3.63, 3.8) is 0 Å². The highest BCUT2D eigenvalue weighted by molar-refractivity contribution is 7.89. The fourth-order valence-electron chi connectivity index (χ4n) is 1.57. The summed E-state index contributed by atoms with van der Waals surface area (Å²) >= 11 is 1.72. The van der Waals surface area contributed by atoms with Crippen LogP contribution in [0, 0.1) is 6.92 Å². The minimum Gasteiger partial charge on any atom is -0.212 e. The molecule has 1 aromatic rings. The average Bonchev–Trinajstić information content (AvgIpc) is 2.49. The van der Waals surface area contributed by atoms with Gasteiger partial charge in [-0.15, -0.1) is 11.3 Å². The predicted octanol–water partition coefficient (Wildman–Crippen LogP) is 2.32. The minimum absolute atomic E-state index is 0.0328. The molecule has 0 bridgehead atoms. The van der Waals surface area contributed by atoms with Crippen molar-refractivity contribution in [3.05, 3.63) is 21.9 Å². The molecule has 0 spiro atoms. The largest absolute Gasteiger partial charge is 0.212 e. The summed E-state index contributed by atoms with van der Waals surface area (Å²) in [7, 11) is -3.09. The lowest BCUT2D eigenvalue weighted by Gasteiger charge is -2.12. The van der Waals surface area contributed by atoms with E-state index in [0.29, 0.717) is 6.42 Å². The Balaban J connectivity index is 2.50. The highest BCUT2D eigenvalue weighted by atomic mass is 32.2. The molecule has 0 aromatic carbocycles. The number of hydrogen-bond donors (Lipinski definition) is 1. The van der Waals surface area contributed by atoms with Gasteiger partial charge >= 0.3 is 0 Å². The maximum Gasteiger partial charge on any atom is 0.211 e. The molecule has 1 unspecified atom stereocenters. The molecule has 0 saturated heterocycles. The Morgan fingerprint density at radius 3 is 2.62 bits per heavy atom. The maximum atomic E-state index is 11.5. The van der Waals surface area contributed by atoms with Gasteiger partial charge < -0.3 is 0 Å². The number of aryl methyl sites for hydroxylation is 1. The van der Waals surface area contributed by atoms with Crippen molar-refractivity contribution in [2.45, 2.75) is 39.7 Å². The monoisotopic (exact) mass is 261 g/mol. The molecule has 3 nitrogen and oxygen atoms in total. The van der Waals surface area contributed by atoms with Gasteiger partial charge in [-0.25, -0.2) is 13.1 Å². The first-order valence-corrected chi connectivity index (χ1v) is 7.95. The third kappa shape index (κ3) is 4.63. The molecule has 0 aliphatic rings. The molecule has 1 aromatic heterocycles. The van der Waals surface area contributed by atoms with Crippen molar-refractivity contribution in [2.75, 3.05) is 5.75 Å². The van der Waals surface area contributed by atoms with Crippen molar-refractivity contribution in [1.82, 2.24) is 4.72 Å². The number of nitrogens with one attached hydrogen (secondary N) is 1.